The molecule has 0 spiro atoms. The molecule has 0 aliphatic carbocycles. The van der Waals surface area contributed by atoms with Gasteiger partial charge >= 0.3 is 0 Å². The Balaban J connectivity index is 3.14. The third-order valence-electron chi connectivity index (χ3n) is 3.92. The number of benzene rings is 1. The minimum atomic E-state index is -0.134. The van der Waals surface area contributed by atoms with Gasteiger partial charge in [0.25, 0.3) is 0 Å². The first-order chi connectivity index (χ1) is 11.0. The molecule has 1 aromatic carbocycles. The van der Waals surface area contributed by atoms with Gasteiger partial charge in [-0.2, -0.15) is 5.26 Å². The summed E-state index contributed by atoms with van der Waals surface area (Å²) in [4.78, 5) is 4.40. The normalized spacial score (nSPS) is 16.1. The first kappa shape index (κ1) is 19.4. The van der Waals surface area contributed by atoms with Crippen molar-refractivity contribution in [3.05, 3.63) is 46.5 Å². The molecule has 0 amide bonds. The van der Waals surface area contributed by atoms with Gasteiger partial charge in [0.2, 0.25) is 0 Å². The van der Waals surface area contributed by atoms with E-state index in [0.717, 1.165) is 23.6 Å². The lowest BCUT2D eigenvalue weighted by Crippen LogP contribution is -2.33. The summed E-state index contributed by atoms with van der Waals surface area (Å²) in [6, 6.07) is 10.5. The van der Waals surface area contributed by atoms with Crippen LogP contribution in [0.3, 0.4) is 0 Å². The van der Waals surface area contributed by atoms with Crippen molar-refractivity contribution in [3.8, 4) is 6.07 Å². The van der Waals surface area contributed by atoms with E-state index in [1.807, 2.05) is 45.3 Å². The molecule has 0 radical (unpaired) electrons. The number of rotatable bonds is 8. The van der Waals surface area contributed by atoms with Crippen molar-refractivity contribution in [1.29, 1.82) is 5.26 Å². The highest BCUT2D eigenvalue weighted by Crippen LogP contribution is 2.23. The Bertz CT molecular complexity index is 569. The second-order valence-corrected chi connectivity index (χ2v) is 6.16. The van der Waals surface area contributed by atoms with Gasteiger partial charge in [-0.05, 0) is 57.5 Å². The van der Waals surface area contributed by atoms with Crippen LogP contribution in [0.4, 0.5) is 0 Å². The zero-order chi connectivity index (χ0) is 17.2. The molecule has 1 rings (SSSR count). The number of halogens is 1. The number of allylic oxidation sites excluding steroid dienone is 1. The zero-order valence-electron chi connectivity index (χ0n) is 14.4. The van der Waals surface area contributed by atoms with Crippen LogP contribution in [0.5, 0.6) is 0 Å². The number of aliphatic imine (C=N–C) groups is 1. The molecular weight excluding hydrogens is 306 g/mol. The maximum atomic E-state index is 9.14. The molecule has 124 valence electrons. The number of hydrogen-bond acceptors (Lipinski definition) is 3. The molecular formula is C19H26ClN3. The Morgan fingerprint density at radius 3 is 2.52 bits per heavy atom. The second kappa shape index (κ2) is 10.2. The molecule has 1 aromatic rings. The van der Waals surface area contributed by atoms with Crippen LogP contribution in [-0.2, 0) is 6.42 Å². The number of nitrogens with zero attached hydrogens (tertiary/aromatic N) is 2. The quantitative estimate of drug-likeness (QED) is 0.722. The molecule has 23 heavy (non-hydrogen) atoms. The van der Waals surface area contributed by atoms with Crippen LogP contribution in [0.2, 0.25) is 5.02 Å². The van der Waals surface area contributed by atoms with E-state index in [0.29, 0.717) is 0 Å². The number of nitrogens with one attached hydrogen (secondary N) is 1. The average Bonchev–Trinajstić information content (AvgIpc) is 2.57. The van der Waals surface area contributed by atoms with Crippen molar-refractivity contribution in [3.63, 3.8) is 0 Å². The van der Waals surface area contributed by atoms with Crippen molar-refractivity contribution in [1.82, 2.24) is 5.32 Å². The van der Waals surface area contributed by atoms with Gasteiger partial charge in [0.05, 0.1) is 12.0 Å². The molecule has 0 aliphatic rings. The van der Waals surface area contributed by atoms with E-state index in [4.69, 9.17) is 16.9 Å². The summed E-state index contributed by atoms with van der Waals surface area (Å²) in [5.74, 6) is 0.109. The molecule has 3 unspecified atom stereocenters. The minimum absolute atomic E-state index is 0.134. The molecule has 3 nitrogen and oxygen atoms in total. The maximum Gasteiger partial charge on any atom is 0.0694 e. The molecule has 0 bridgehead atoms. The highest BCUT2D eigenvalue weighted by atomic mass is 35.5. The Morgan fingerprint density at radius 2 is 2.00 bits per heavy atom. The lowest BCUT2D eigenvalue weighted by molar-refractivity contribution is 0.454. The van der Waals surface area contributed by atoms with E-state index >= 15 is 0 Å². The van der Waals surface area contributed by atoms with Gasteiger partial charge in [-0.15, -0.1) is 0 Å². The maximum absolute atomic E-state index is 9.14. The third kappa shape index (κ3) is 6.56. The van der Waals surface area contributed by atoms with Crippen LogP contribution >= 0.6 is 11.6 Å². The van der Waals surface area contributed by atoms with Crippen molar-refractivity contribution in [2.45, 2.75) is 33.2 Å². The predicted octanol–water partition coefficient (Wildman–Crippen LogP) is 4.28. The molecule has 0 aromatic heterocycles. The lowest BCUT2D eigenvalue weighted by atomic mass is 9.85. The topological polar surface area (TPSA) is 48.2 Å². The Labute approximate surface area is 145 Å². The van der Waals surface area contributed by atoms with E-state index in [-0.39, 0.29) is 17.9 Å². The summed E-state index contributed by atoms with van der Waals surface area (Å²) in [6.07, 6.45) is 4.81. The standard InChI is InChI=1S/C19H26ClN3/c1-5-23-13-17(10-14(2)12-21)19(15(3)22-4)11-16-6-8-18(20)9-7-16/h6-10,13-15,19,22H,5,11H2,1-4H3/b17-10+,23-13?. The van der Waals surface area contributed by atoms with Crippen LogP contribution in [0.25, 0.3) is 0 Å². The fourth-order valence-electron chi connectivity index (χ4n) is 2.44. The third-order valence-corrected chi connectivity index (χ3v) is 4.18. The van der Waals surface area contributed by atoms with E-state index in [9.17, 15) is 0 Å². The van der Waals surface area contributed by atoms with Gasteiger partial charge in [-0.3, -0.25) is 4.99 Å². The van der Waals surface area contributed by atoms with Gasteiger partial charge in [-0.1, -0.05) is 29.8 Å². The Kier molecular flexibility index (Phi) is 8.61. The fourth-order valence-corrected chi connectivity index (χ4v) is 2.57. The first-order valence-corrected chi connectivity index (χ1v) is 8.42. The van der Waals surface area contributed by atoms with Crippen LogP contribution in [0.1, 0.15) is 26.3 Å². The SMILES string of the molecule is CCN=C/C(=C\C(C)C#N)C(Cc1ccc(Cl)cc1)C(C)NC. The summed E-state index contributed by atoms with van der Waals surface area (Å²) < 4.78 is 0. The second-order valence-electron chi connectivity index (χ2n) is 5.73. The molecule has 0 heterocycles. The van der Waals surface area contributed by atoms with Crippen LogP contribution in [0, 0.1) is 23.2 Å². The average molecular weight is 332 g/mol. The molecule has 1 N–H and O–H groups in total. The summed E-state index contributed by atoms with van der Waals surface area (Å²) in [5, 5.41) is 13.2. The molecule has 4 heteroatoms. The minimum Gasteiger partial charge on any atom is -0.317 e. The van der Waals surface area contributed by atoms with Gasteiger partial charge < -0.3 is 5.32 Å². The Hall–Kier alpha value is -1.63. The summed E-state index contributed by atoms with van der Waals surface area (Å²) in [7, 11) is 1.96. The summed E-state index contributed by atoms with van der Waals surface area (Å²) in [5.41, 5.74) is 2.33. The van der Waals surface area contributed by atoms with E-state index in [1.165, 1.54) is 5.56 Å². The van der Waals surface area contributed by atoms with Crippen LogP contribution < -0.4 is 5.32 Å². The van der Waals surface area contributed by atoms with E-state index in [2.05, 4.69) is 35.4 Å². The fraction of sp³-hybridized carbons (Fsp3) is 0.474. The first-order valence-electron chi connectivity index (χ1n) is 8.04. The monoisotopic (exact) mass is 331 g/mol. The number of hydrogen-bond donors (Lipinski definition) is 1. The van der Waals surface area contributed by atoms with Crippen LogP contribution in [-0.4, -0.2) is 25.8 Å². The molecule has 3 atom stereocenters. The molecule has 0 saturated heterocycles. The van der Waals surface area contributed by atoms with Crippen molar-refractivity contribution in [2.75, 3.05) is 13.6 Å². The van der Waals surface area contributed by atoms with Gasteiger partial charge in [0, 0.05) is 29.7 Å². The highest BCUT2D eigenvalue weighted by molar-refractivity contribution is 6.30. The largest absolute Gasteiger partial charge is 0.317 e. The van der Waals surface area contributed by atoms with Crippen molar-refractivity contribution < 1.29 is 0 Å². The lowest BCUT2D eigenvalue weighted by Gasteiger charge is -2.25. The smallest absolute Gasteiger partial charge is 0.0694 e. The number of nitriles is 1. The van der Waals surface area contributed by atoms with Crippen LogP contribution in [0.15, 0.2) is 40.9 Å². The van der Waals surface area contributed by atoms with E-state index < -0.39 is 0 Å². The zero-order valence-corrected chi connectivity index (χ0v) is 15.1. The van der Waals surface area contributed by atoms with Crippen molar-refractivity contribution in [2.24, 2.45) is 16.8 Å². The predicted molar refractivity (Wildman–Crippen MR) is 99.1 cm³/mol. The summed E-state index contributed by atoms with van der Waals surface area (Å²) >= 11 is 5.98. The van der Waals surface area contributed by atoms with Gasteiger partial charge in [0.1, 0.15) is 0 Å². The van der Waals surface area contributed by atoms with Gasteiger partial charge in [-0.25, -0.2) is 0 Å². The van der Waals surface area contributed by atoms with Gasteiger partial charge in [0.15, 0.2) is 0 Å². The molecule has 0 fully saturated rings. The van der Waals surface area contributed by atoms with E-state index in [1.54, 1.807) is 0 Å². The highest BCUT2D eigenvalue weighted by Gasteiger charge is 2.20. The summed E-state index contributed by atoms with van der Waals surface area (Å²) in [6.45, 7) is 6.81. The molecule has 0 saturated carbocycles. The Morgan fingerprint density at radius 1 is 1.35 bits per heavy atom. The molecule has 0 aliphatic heterocycles. The van der Waals surface area contributed by atoms with Crippen molar-refractivity contribution >= 4 is 17.8 Å².